The first-order chi connectivity index (χ1) is 8.04. The number of rotatable bonds is 5. The molecular formula is C14H17NO2. The third-order valence-electron chi connectivity index (χ3n) is 2.71. The van der Waals surface area contributed by atoms with Crippen LogP contribution >= 0.6 is 0 Å². The molecule has 1 N–H and O–H groups in total. The fourth-order valence-corrected chi connectivity index (χ4v) is 1.63. The molecule has 0 heterocycles. The summed E-state index contributed by atoms with van der Waals surface area (Å²) in [4.78, 5) is 12.8. The molecule has 1 atom stereocenters. The van der Waals surface area contributed by atoms with Crippen LogP contribution in [0.15, 0.2) is 24.3 Å². The normalized spacial score (nSPS) is 12.1. The van der Waals surface area contributed by atoms with E-state index in [1.54, 1.807) is 11.9 Å². The Morgan fingerprint density at radius 1 is 1.47 bits per heavy atom. The number of carboxylic acid groups (broad SMARTS) is 1. The first kappa shape index (κ1) is 13.3. The minimum absolute atomic E-state index is 0.336. The van der Waals surface area contributed by atoms with E-state index < -0.39 is 12.0 Å². The van der Waals surface area contributed by atoms with Gasteiger partial charge in [-0.1, -0.05) is 35.7 Å². The maximum Gasteiger partial charge on any atom is 0.321 e. The molecule has 0 amide bonds. The van der Waals surface area contributed by atoms with Gasteiger partial charge in [0.25, 0.3) is 0 Å². The Bertz CT molecular complexity index is 417. The van der Waals surface area contributed by atoms with Crippen molar-refractivity contribution in [3.05, 3.63) is 35.4 Å². The van der Waals surface area contributed by atoms with Crippen LogP contribution in [0.1, 0.15) is 11.1 Å². The van der Waals surface area contributed by atoms with E-state index in [2.05, 4.69) is 5.92 Å². The van der Waals surface area contributed by atoms with Gasteiger partial charge in [0.2, 0.25) is 0 Å². The summed E-state index contributed by atoms with van der Waals surface area (Å²) in [6.45, 7) is 2.34. The summed E-state index contributed by atoms with van der Waals surface area (Å²) in [6, 6.07) is 7.29. The van der Waals surface area contributed by atoms with Gasteiger partial charge in [0, 0.05) is 0 Å². The number of terminal acetylenes is 1. The number of aliphatic carboxylic acids is 1. The molecule has 1 rings (SSSR count). The Morgan fingerprint density at radius 3 is 2.53 bits per heavy atom. The molecule has 0 spiro atoms. The van der Waals surface area contributed by atoms with Crippen molar-refractivity contribution in [2.24, 2.45) is 0 Å². The average Bonchev–Trinajstić information content (AvgIpc) is 2.28. The van der Waals surface area contributed by atoms with Crippen molar-refractivity contribution in [1.29, 1.82) is 0 Å². The highest BCUT2D eigenvalue weighted by Gasteiger charge is 2.22. The molecule has 0 aliphatic carbocycles. The van der Waals surface area contributed by atoms with Crippen molar-refractivity contribution in [3.8, 4) is 12.3 Å². The smallest absolute Gasteiger partial charge is 0.321 e. The summed E-state index contributed by atoms with van der Waals surface area (Å²) in [6.07, 6.45) is 5.66. The van der Waals surface area contributed by atoms with Gasteiger partial charge in [0.15, 0.2) is 0 Å². The lowest BCUT2D eigenvalue weighted by atomic mass is 10.0. The minimum atomic E-state index is -0.844. The second-order valence-electron chi connectivity index (χ2n) is 4.16. The minimum Gasteiger partial charge on any atom is -0.480 e. The van der Waals surface area contributed by atoms with Crippen LogP contribution < -0.4 is 0 Å². The Hall–Kier alpha value is -1.79. The predicted molar refractivity (Wildman–Crippen MR) is 67.8 cm³/mol. The fraction of sp³-hybridized carbons (Fsp3) is 0.357. The average molecular weight is 231 g/mol. The first-order valence-corrected chi connectivity index (χ1v) is 5.46. The van der Waals surface area contributed by atoms with E-state index in [1.165, 1.54) is 0 Å². The van der Waals surface area contributed by atoms with Crippen molar-refractivity contribution in [2.45, 2.75) is 19.4 Å². The largest absolute Gasteiger partial charge is 0.480 e. The van der Waals surface area contributed by atoms with Crippen LogP contribution in [0.3, 0.4) is 0 Å². The van der Waals surface area contributed by atoms with Crippen LogP contribution in [-0.4, -0.2) is 35.6 Å². The molecule has 0 bridgehead atoms. The molecule has 90 valence electrons. The molecule has 1 aromatic carbocycles. The molecule has 0 aliphatic rings. The van der Waals surface area contributed by atoms with E-state index in [9.17, 15) is 9.90 Å². The molecule has 3 nitrogen and oxygen atoms in total. The molecule has 0 aromatic heterocycles. The third-order valence-corrected chi connectivity index (χ3v) is 2.71. The van der Waals surface area contributed by atoms with Gasteiger partial charge in [-0.15, -0.1) is 6.42 Å². The summed E-state index contributed by atoms with van der Waals surface area (Å²) in [5.41, 5.74) is 2.17. The maximum absolute atomic E-state index is 11.2. The molecule has 0 radical (unpaired) electrons. The van der Waals surface area contributed by atoms with Crippen LogP contribution in [0.5, 0.6) is 0 Å². The lowest BCUT2D eigenvalue weighted by molar-refractivity contribution is -0.142. The zero-order valence-electron chi connectivity index (χ0n) is 10.2. The van der Waals surface area contributed by atoms with Gasteiger partial charge in [0.05, 0.1) is 6.54 Å². The molecule has 3 heteroatoms. The van der Waals surface area contributed by atoms with E-state index in [0.29, 0.717) is 13.0 Å². The lowest BCUT2D eigenvalue weighted by Gasteiger charge is -2.22. The number of nitrogens with zero attached hydrogens (tertiary/aromatic N) is 1. The van der Waals surface area contributed by atoms with Gasteiger partial charge in [-0.3, -0.25) is 9.69 Å². The van der Waals surface area contributed by atoms with Crippen molar-refractivity contribution in [3.63, 3.8) is 0 Å². The van der Waals surface area contributed by atoms with Crippen LogP contribution in [0, 0.1) is 19.3 Å². The van der Waals surface area contributed by atoms with Crippen molar-refractivity contribution >= 4 is 5.97 Å². The van der Waals surface area contributed by atoms with Crippen LogP contribution in [0.25, 0.3) is 0 Å². The van der Waals surface area contributed by atoms with E-state index in [1.807, 2.05) is 31.2 Å². The van der Waals surface area contributed by atoms with Crippen LogP contribution in [-0.2, 0) is 11.2 Å². The quantitative estimate of drug-likeness (QED) is 0.782. The Kier molecular flexibility index (Phi) is 4.74. The molecule has 0 aliphatic heterocycles. The van der Waals surface area contributed by atoms with E-state index in [4.69, 9.17) is 6.42 Å². The Balaban J connectivity index is 2.77. The van der Waals surface area contributed by atoms with Gasteiger partial charge < -0.3 is 5.11 Å². The van der Waals surface area contributed by atoms with Crippen molar-refractivity contribution in [1.82, 2.24) is 4.90 Å². The molecule has 0 fully saturated rings. The number of hydrogen-bond donors (Lipinski definition) is 1. The molecule has 17 heavy (non-hydrogen) atoms. The van der Waals surface area contributed by atoms with Crippen LogP contribution in [0.4, 0.5) is 0 Å². The van der Waals surface area contributed by atoms with Crippen LogP contribution in [0.2, 0.25) is 0 Å². The number of benzene rings is 1. The number of aryl methyl sites for hydroxylation is 1. The second-order valence-corrected chi connectivity index (χ2v) is 4.16. The highest BCUT2D eigenvalue weighted by molar-refractivity contribution is 5.74. The summed E-state index contributed by atoms with van der Waals surface area (Å²) < 4.78 is 0. The Labute approximate surface area is 102 Å². The molecule has 1 aromatic rings. The summed E-state index contributed by atoms with van der Waals surface area (Å²) in [5.74, 6) is 1.62. The summed E-state index contributed by atoms with van der Waals surface area (Å²) in [5, 5.41) is 9.18. The predicted octanol–water partition coefficient (Wildman–Crippen LogP) is 1.56. The third kappa shape index (κ3) is 3.93. The fourth-order valence-electron chi connectivity index (χ4n) is 1.63. The molecule has 0 saturated heterocycles. The zero-order valence-corrected chi connectivity index (χ0v) is 10.2. The SMILES string of the molecule is C#CCN(C)C(Cc1ccc(C)cc1)C(=O)O. The summed E-state index contributed by atoms with van der Waals surface area (Å²) in [7, 11) is 1.73. The van der Waals surface area contributed by atoms with Crippen molar-refractivity contribution in [2.75, 3.05) is 13.6 Å². The highest BCUT2D eigenvalue weighted by atomic mass is 16.4. The topological polar surface area (TPSA) is 40.5 Å². The van der Waals surface area contributed by atoms with Gasteiger partial charge in [-0.05, 0) is 26.0 Å². The summed E-state index contributed by atoms with van der Waals surface area (Å²) >= 11 is 0. The molecule has 1 unspecified atom stereocenters. The Morgan fingerprint density at radius 2 is 2.06 bits per heavy atom. The maximum atomic E-state index is 11.2. The van der Waals surface area contributed by atoms with E-state index in [0.717, 1.165) is 11.1 Å². The number of carbonyl (C=O) groups is 1. The number of carboxylic acids is 1. The molecule has 0 saturated carbocycles. The monoisotopic (exact) mass is 231 g/mol. The number of hydrogen-bond acceptors (Lipinski definition) is 2. The van der Waals surface area contributed by atoms with Gasteiger partial charge in [0.1, 0.15) is 6.04 Å². The van der Waals surface area contributed by atoms with Gasteiger partial charge in [-0.2, -0.15) is 0 Å². The van der Waals surface area contributed by atoms with Crippen molar-refractivity contribution < 1.29 is 9.90 Å². The number of likely N-dealkylation sites (N-methyl/N-ethyl adjacent to an activating group) is 1. The van der Waals surface area contributed by atoms with E-state index >= 15 is 0 Å². The highest BCUT2D eigenvalue weighted by Crippen LogP contribution is 2.09. The van der Waals surface area contributed by atoms with Gasteiger partial charge in [-0.25, -0.2) is 0 Å². The lowest BCUT2D eigenvalue weighted by Crippen LogP contribution is -2.40. The van der Waals surface area contributed by atoms with Gasteiger partial charge >= 0.3 is 5.97 Å². The first-order valence-electron chi connectivity index (χ1n) is 5.46. The standard InChI is InChI=1S/C14H17NO2/c1-4-9-15(3)13(14(16)17)10-12-7-5-11(2)6-8-12/h1,5-8,13H,9-10H2,2-3H3,(H,16,17). The van der Waals surface area contributed by atoms with E-state index in [-0.39, 0.29) is 0 Å². The second kappa shape index (κ2) is 6.07. The zero-order chi connectivity index (χ0) is 12.8. The molecular weight excluding hydrogens is 214 g/mol.